The molecule has 37 heavy (non-hydrogen) atoms. The van der Waals surface area contributed by atoms with Gasteiger partial charge in [-0.2, -0.15) is 13.2 Å². The van der Waals surface area contributed by atoms with Gasteiger partial charge in [-0.1, -0.05) is 0 Å². The summed E-state index contributed by atoms with van der Waals surface area (Å²) in [4.78, 5) is 23.3. The van der Waals surface area contributed by atoms with Gasteiger partial charge in [0.1, 0.15) is 17.5 Å². The van der Waals surface area contributed by atoms with E-state index in [0.29, 0.717) is 37.3 Å². The van der Waals surface area contributed by atoms with E-state index in [4.69, 9.17) is 5.73 Å². The molecule has 0 aliphatic heterocycles. The Hall–Kier alpha value is -3.76. The van der Waals surface area contributed by atoms with Crippen LogP contribution in [0.25, 0.3) is 33.2 Å². The summed E-state index contributed by atoms with van der Waals surface area (Å²) in [5, 5.41) is 10.1. The van der Waals surface area contributed by atoms with Crippen LogP contribution >= 0.6 is 0 Å². The lowest BCUT2D eigenvalue weighted by Gasteiger charge is -2.50. The number of hydrogen-bond donors (Lipinski definition) is 3. The van der Waals surface area contributed by atoms with Crippen LogP contribution in [0.4, 0.5) is 27.8 Å². The minimum atomic E-state index is -4.69. The molecule has 2 heterocycles. The highest BCUT2D eigenvalue weighted by molar-refractivity contribution is 5.98. The van der Waals surface area contributed by atoms with E-state index in [2.05, 4.69) is 15.0 Å². The van der Waals surface area contributed by atoms with Crippen molar-refractivity contribution >= 4 is 33.6 Å². The maximum absolute atomic E-state index is 14.2. The molecule has 7 rings (SSSR count). The normalized spacial score (nSPS) is 23.7. The molecule has 192 valence electrons. The zero-order valence-electron chi connectivity index (χ0n) is 19.3. The van der Waals surface area contributed by atoms with E-state index in [9.17, 15) is 31.9 Å². The third-order valence-corrected chi connectivity index (χ3v) is 8.16. The fraction of sp³-hybridized carbons (Fsp3) is 0.346. The SMILES string of the molecule is Nc1nc(-c2c[nH]c3c(F)cc(F)cc23)nc2cc(C(F)(F)F)cc(C34CCC(CC3)[C@@H](C(=O)O)C4)c12. The van der Waals surface area contributed by atoms with Crippen molar-refractivity contribution in [1.29, 1.82) is 0 Å². The number of carbonyl (C=O) groups is 1. The second kappa shape index (κ2) is 7.87. The van der Waals surface area contributed by atoms with E-state index in [-0.39, 0.29) is 51.4 Å². The van der Waals surface area contributed by atoms with Gasteiger partial charge in [-0.25, -0.2) is 18.7 Å². The van der Waals surface area contributed by atoms with Crippen molar-refractivity contribution in [2.24, 2.45) is 11.8 Å². The molecular weight excluding hydrogens is 495 g/mol. The van der Waals surface area contributed by atoms with Gasteiger partial charge in [0.15, 0.2) is 5.82 Å². The van der Waals surface area contributed by atoms with Gasteiger partial charge in [0, 0.05) is 28.6 Å². The zero-order valence-corrected chi connectivity index (χ0v) is 19.3. The Morgan fingerprint density at radius 1 is 1.11 bits per heavy atom. The summed E-state index contributed by atoms with van der Waals surface area (Å²) in [5.41, 5.74) is 5.05. The van der Waals surface area contributed by atoms with Crippen LogP contribution in [0.1, 0.15) is 43.2 Å². The van der Waals surface area contributed by atoms with Crippen LogP contribution in [0.15, 0.2) is 30.5 Å². The fourth-order valence-corrected chi connectivity index (χ4v) is 6.39. The van der Waals surface area contributed by atoms with Crippen LogP contribution in [0.5, 0.6) is 0 Å². The lowest BCUT2D eigenvalue weighted by molar-refractivity contribution is -0.148. The third-order valence-electron chi connectivity index (χ3n) is 8.16. The number of nitrogens with zero attached hydrogens (tertiary/aromatic N) is 2. The Bertz CT molecular complexity index is 1590. The van der Waals surface area contributed by atoms with Gasteiger partial charge < -0.3 is 15.8 Å². The van der Waals surface area contributed by atoms with Crippen LogP contribution in [0.3, 0.4) is 0 Å². The van der Waals surface area contributed by atoms with Crippen molar-refractivity contribution < 1.29 is 31.9 Å². The number of carboxylic acids is 1. The number of halogens is 5. The summed E-state index contributed by atoms with van der Waals surface area (Å²) >= 11 is 0. The van der Waals surface area contributed by atoms with Crippen molar-refractivity contribution in [2.75, 3.05) is 5.73 Å². The smallest absolute Gasteiger partial charge is 0.416 e. The van der Waals surface area contributed by atoms with Crippen LogP contribution in [-0.4, -0.2) is 26.0 Å². The molecule has 6 nitrogen and oxygen atoms in total. The quantitative estimate of drug-likeness (QED) is 0.282. The van der Waals surface area contributed by atoms with Crippen molar-refractivity contribution in [3.8, 4) is 11.4 Å². The van der Waals surface area contributed by atoms with Gasteiger partial charge in [-0.15, -0.1) is 0 Å². The molecule has 0 radical (unpaired) electrons. The highest BCUT2D eigenvalue weighted by atomic mass is 19.4. The highest BCUT2D eigenvalue weighted by Gasteiger charge is 2.50. The Kier molecular flexibility index (Phi) is 5.02. The van der Waals surface area contributed by atoms with E-state index in [1.807, 2.05) is 0 Å². The predicted octanol–water partition coefficient (Wildman–Crippen LogP) is 6.19. The van der Waals surface area contributed by atoms with Gasteiger partial charge in [0.25, 0.3) is 0 Å². The van der Waals surface area contributed by atoms with Crippen LogP contribution in [0.2, 0.25) is 0 Å². The topological polar surface area (TPSA) is 105 Å². The first-order valence-corrected chi connectivity index (χ1v) is 11.8. The Morgan fingerprint density at radius 2 is 1.84 bits per heavy atom. The predicted molar refractivity (Wildman–Crippen MR) is 126 cm³/mol. The van der Waals surface area contributed by atoms with E-state index >= 15 is 0 Å². The molecule has 11 heteroatoms. The molecular formula is C26H21F5N4O2. The number of nitrogen functional groups attached to an aromatic ring is 1. The number of anilines is 1. The van der Waals surface area contributed by atoms with Gasteiger partial charge in [-0.3, -0.25) is 4.79 Å². The van der Waals surface area contributed by atoms with Crippen LogP contribution < -0.4 is 5.73 Å². The second-order valence-electron chi connectivity index (χ2n) is 10.1. The van der Waals surface area contributed by atoms with E-state index in [1.165, 1.54) is 6.20 Å². The minimum Gasteiger partial charge on any atom is -0.481 e. The summed E-state index contributed by atoms with van der Waals surface area (Å²) in [6.07, 6.45) is -0.850. The van der Waals surface area contributed by atoms with E-state index in [1.54, 1.807) is 0 Å². The number of alkyl halides is 3. The van der Waals surface area contributed by atoms with Gasteiger partial charge in [-0.05, 0) is 67.2 Å². The van der Waals surface area contributed by atoms with Crippen molar-refractivity contribution in [3.05, 3.63) is 53.2 Å². The molecule has 2 bridgehead atoms. The standard InChI is InChI=1S/C26H21F5N4O2/c27-13-7-14-16(10-33-21(14)18(28)8-13)23-34-19-6-12(26(29,30)31)5-17(20(19)22(32)35-23)25-3-1-11(2-4-25)15(9-25)24(36)37/h5-8,10-11,15,33H,1-4,9H2,(H,36,37)(H2,32,34,35)/t11?,15-,25?/m0/s1. The number of aliphatic carboxylic acids is 1. The number of benzene rings is 2. The van der Waals surface area contributed by atoms with Gasteiger partial charge in [0.05, 0.1) is 22.5 Å². The fourth-order valence-electron chi connectivity index (χ4n) is 6.39. The van der Waals surface area contributed by atoms with Crippen molar-refractivity contribution in [1.82, 2.24) is 15.0 Å². The van der Waals surface area contributed by atoms with Crippen LogP contribution in [0, 0.1) is 23.5 Å². The molecule has 3 fully saturated rings. The first-order valence-electron chi connectivity index (χ1n) is 11.8. The molecule has 0 spiro atoms. The molecule has 3 aliphatic carbocycles. The average molecular weight is 516 g/mol. The molecule has 0 unspecified atom stereocenters. The molecule has 3 aliphatic rings. The number of aromatic amines is 1. The number of H-pyrrole nitrogens is 1. The number of hydrogen-bond acceptors (Lipinski definition) is 4. The van der Waals surface area contributed by atoms with Crippen molar-refractivity contribution in [2.45, 2.75) is 43.7 Å². The number of fused-ring (bicyclic) bond motifs is 5. The first kappa shape index (κ1) is 23.6. The Morgan fingerprint density at radius 3 is 2.51 bits per heavy atom. The molecule has 2 aromatic carbocycles. The number of rotatable bonds is 3. The van der Waals surface area contributed by atoms with Crippen LogP contribution in [-0.2, 0) is 16.4 Å². The molecule has 2 aromatic heterocycles. The summed E-state index contributed by atoms with van der Waals surface area (Å²) in [5.74, 6) is -3.43. The van der Waals surface area contributed by atoms with E-state index < -0.39 is 40.7 Å². The maximum atomic E-state index is 14.2. The molecule has 0 saturated heterocycles. The van der Waals surface area contributed by atoms with Gasteiger partial charge >= 0.3 is 12.1 Å². The summed E-state index contributed by atoms with van der Waals surface area (Å²) in [6.45, 7) is 0. The molecule has 4 N–H and O–H groups in total. The number of carboxylic acid groups (broad SMARTS) is 1. The average Bonchev–Trinajstić information content (AvgIpc) is 3.27. The summed E-state index contributed by atoms with van der Waals surface area (Å²) in [6, 6.07) is 3.73. The maximum Gasteiger partial charge on any atom is 0.416 e. The first-order chi connectivity index (χ1) is 17.5. The number of aromatic nitrogens is 3. The minimum absolute atomic E-state index is 0.000648. The Labute approximate surface area is 206 Å². The van der Waals surface area contributed by atoms with E-state index in [0.717, 1.165) is 18.2 Å². The van der Waals surface area contributed by atoms with Gasteiger partial charge in [0.2, 0.25) is 0 Å². The number of nitrogens with one attached hydrogen (secondary N) is 1. The largest absolute Gasteiger partial charge is 0.481 e. The molecule has 4 aromatic rings. The summed E-state index contributed by atoms with van der Waals surface area (Å²) in [7, 11) is 0. The third kappa shape index (κ3) is 3.62. The number of nitrogens with two attached hydrogens (primary N) is 1. The molecule has 1 atom stereocenters. The monoisotopic (exact) mass is 516 g/mol. The van der Waals surface area contributed by atoms with Crippen molar-refractivity contribution in [3.63, 3.8) is 0 Å². The highest BCUT2D eigenvalue weighted by Crippen LogP contribution is 2.56. The lowest BCUT2D eigenvalue weighted by Crippen LogP contribution is -2.46. The zero-order chi connectivity index (χ0) is 26.3. The lowest BCUT2D eigenvalue weighted by atomic mass is 9.53. The summed E-state index contributed by atoms with van der Waals surface area (Å²) < 4.78 is 70.2. The molecule has 3 saturated carbocycles. The second-order valence-corrected chi connectivity index (χ2v) is 10.1. The molecule has 0 amide bonds. The Balaban J connectivity index is 1.60.